The number of nitriles is 1. The third kappa shape index (κ3) is 4.92. The van der Waals surface area contributed by atoms with Crippen LogP contribution < -0.4 is 10.1 Å². The molecule has 0 spiro atoms. The van der Waals surface area contributed by atoms with Gasteiger partial charge in [0.1, 0.15) is 5.82 Å². The molecule has 3 aromatic carbocycles. The highest BCUT2D eigenvalue weighted by Gasteiger charge is 2.20. The second-order valence-electron chi connectivity index (χ2n) is 9.07. The van der Waals surface area contributed by atoms with Gasteiger partial charge in [0.2, 0.25) is 0 Å². The summed E-state index contributed by atoms with van der Waals surface area (Å²) in [4.78, 5) is 25.9. The number of likely N-dealkylation sites (N-methyl/N-ethyl adjacent to an activating group) is 1. The van der Waals surface area contributed by atoms with Crippen LogP contribution in [0.15, 0.2) is 54.6 Å². The number of carbonyl (C=O) groups excluding carboxylic acids is 1. The van der Waals surface area contributed by atoms with Gasteiger partial charge in [0, 0.05) is 43.7 Å². The number of aromatic nitrogens is 2. The van der Waals surface area contributed by atoms with Gasteiger partial charge in [-0.1, -0.05) is 24.3 Å². The summed E-state index contributed by atoms with van der Waals surface area (Å²) >= 11 is 0. The topological polar surface area (TPSA) is 94.4 Å². The lowest BCUT2D eigenvalue weighted by Crippen LogP contribution is -2.47. The van der Waals surface area contributed by atoms with E-state index < -0.39 is 0 Å². The summed E-state index contributed by atoms with van der Waals surface area (Å²) in [6, 6.07) is 20.0. The summed E-state index contributed by atoms with van der Waals surface area (Å²) in [5.41, 5.74) is 3.19. The van der Waals surface area contributed by atoms with Crippen molar-refractivity contribution in [2.75, 3.05) is 52.2 Å². The van der Waals surface area contributed by atoms with Gasteiger partial charge in [-0.3, -0.25) is 4.79 Å². The van der Waals surface area contributed by atoms with Gasteiger partial charge in [-0.15, -0.1) is 0 Å². The van der Waals surface area contributed by atoms with E-state index in [9.17, 15) is 10.1 Å². The van der Waals surface area contributed by atoms with Crippen LogP contribution in [0.3, 0.4) is 0 Å². The van der Waals surface area contributed by atoms with E-state index in [1.807, 2.05) is 23.1 Å². The Hall–Kier alpha value is -4.22. The lowest BCUT2D eigenvalue weighted by molar-refractivity contribution is 0.0664. The number of ether oxygens (including phenoxy) is 1. The Bertz CT molecular complexity index is 1470. The van der Waals surface area contributed by atoms with E-state index in [0.717, 1.165) is 59.8 Å². The predicted molar refractivity (Wildman–Crippen MR) is 140 cm³/mol. The number of nitrogens with zero attached hydrogens (tertiary/aromatic N) is 5. The highest BCUT2D eigenvalue weighted by atomic mass is 16.5. The van der Waals surface area contributed by atoms with E-state index in [1.54, 1.807) is 18.2 Å². The van der Waals surface area contributed by atoms with Crippen LogP contribution >= 0.6 is 0 Å². The standard InChI is InChI=1S/C28H28N6O2/c1-33-11-13-34(14-12-33)27(35)23-7-6-21-15-19(3-5-22(21)17-23)9-10-30-26-24-16-20(18-29)4-8-25(24)31-28(32-26)36-2/h3-8,15-17H,9-14H2,1-2H3,(H,30,31,32). The van der Waals surface area contributed by atoms with E-state index >= 15 is 0 Å². The summed E-state index contributed by atoms with van der Waals surface area (Å²) in [7, 11) is 3.62. The van der Waals surface area contributed by atoms with Gasteiger partial charge >= 0.3 is 6.01 Å². The minimum absolute atomic E-state index is 0.102. The van der Waals surface area contributed by atoms with Gasteiger partial charge in [-0.25, -0.2) is 0 Å². The molecule has 1 saturated heterocycles. The number of nitrogens with one attached hydrogen (secondary N) is 1. The highest BCUT2D eigenvalue weighted by Crippen LogP contribution is 2.25. The third-order valence-corrected chi connectivity index (χ3v) is 6.64. The molecule has 8 heteroatoms. The Labute approximate surface area is 210 Å². The molecule has 36 heavy (non-hydrogen) atoms. The average molecular weight is 481 g/mol. The van der Waals surface area contributed by atoms with Crippen molar-refractivity contribution in [2.24, 2.45) is 0 Å². The predicted octanol–water partition coefficient (Wildman–Crippen LogP) is 3.71. The molecule has 1 aromatic heterocycles. The molecule has 4 aromatic rings. The second kappa shape index (κ2) is 10.2. The van der Waals surface area contributed by atoms with Crippen LogP contribution in [-0.2, 0) is 6.42 Å². The molecule has 0 saturated carbocycles. The van der Waals surface area contributed by atoms with Crippen molar-refractivity contribution in [1.82, 2.24) is 19.8 Å². The number of anilines is 1. The quantitative estimate of drug-likeness (QED) is 0.450. The number of benzene rings is 3. The molecule has 0 unspecified atom stereocenters. The number of amides is 1. The first-order chi connectivity index (χ1) is 17.5. The molecule has 1 fully saturated rings. The van der Waals surface area contributed by atoms with E-state index in [2.05, 4.69) is 51.5 Å². The average Bonchev–Trinajstić information content (AvgIpc) is 2.92. The molecule has 5 rings (SSSR count). The highest BCUT2D eigenvalue weighted by molar-refractivity contribution is 5.98. The van der Waals surface area contributed by atoms with Gasteiger partial charge in [0.05, 0.1) is 24.3 Å². The maximum atomic E-state index is 12.9. The molecule has 182 valence electrons. The van der Waals surface area contributed by atoms with Gasteiger partial charge in [0.25, 0.3) is 5.91 Å². The fourth-order valence-electron chi connectivity index (χ4n) is 4.50. The molecule has 2 heterocycles. The van der Waals surface area contributed by atoms with Crippen molar-refractivity contribution in [1.29, 1.82) is 5.26 Å². The zero-order valence-corrected chi connectivity index (χ0v) is 20.5. The van der Waals surface area contributed by atoms with Crippen molar-refractivity contribution >= 4 is 33.4 Å². The Morgan fingerprint density at radius 2 is 1.81 bits per heavy atom. The number of piperazine rings is 1. The van der Waals surface area contributed by atoms with Crippen LogP contribution in [0.25, 0.3) is 21.7 Å². The fourth-order valence-corrected chi connectivity index (χ4v) is 4.50. The Kier molecular flexibility index (Phi) is 6.65. The normalized spacial score (nSPS) is 14.1. The summed E-state index contributed by atoms with van der Waals surface area (Å²) < 4.78 is 5.25. The molecule has 0 aliphatic carbocycles. The number of hydrogen-bond acceptors (Lipinski definition) is 7. The van der Waals surface area contributed by atoms with Gasteiger partial charge in [-0.05, 0) is 60.1 Å². The first kappa shape index (κ1) is 23.5. The Morgan fingerprint density at radius 1 is 1.03 bits per heavy atom. The van der Waals surface area contributed by atoms with E-state index in [0.29, 0.717) is 17.9 Å². The first-order valence-corrected chi connectivity index (χ1v) is 12.0. The lowest BCUT2D eigenvalue weighted by atomic mass is 10.0. The zero-order valence-electron chi connectivity index (χ0n) is 20.5. The Balaban J connectivity index is 1.29. The van der Waals surface area contributed by atoms with Crippen molar-refractivity contribution in [3.05, 3.63) is 71.3 Å². The number of methoxy groups -OCH3 is 1. The molecule has 1 aliphatic heterocycles. The molecule has 1 aliphatic rings. The Morgan fingerprint density at radius 3 is 2.58 bits per heavy atom. The molecule has 0 radical (unpaired) electrons. The van der Waals surface area contributed by atoms with Crippen LogP contribution in [0.5, 0.6) is 6.01 Å². The first-order valence-electron chi connectivity index (χ1n) is 12.0. The molecule has 8 nitrogen and oxygen atoms in total. The lowest BCUT2D eigenvalue weighted by Gasteiger charge is -2.32. The monoisotopic (exact) mass is 480 g/mol. The summed E-state index contributed by atoms with van der Waals surface area (Å²) in [6.45, 7) is 4.01. The van der Waals surface area contributed by atoms with E-state index in [4.69, 9.17) is 4.74 Å². The smallest absolute Gasteiger partial charge is 0.318 e. The molecular formula is C28H28N6O2. The van der Waals surface area contributed by atoms with Gasteiger partial charge in [-0.2, -0.15) is 15.2 Å². The maximum absolute atomic E-state index is 12.9. The van der Waals surface area contributed by atoms with Crippen LogP contribution in [0, 0.1) is 11.3 Å². The van der Waals surface area contributed by atoms with Crippen LogP contribution in [-0.4, -0.2) is 72.6 Å². The third-order valence-electron chi connectivity index (χ3n) is 6.64. The molecular weight excluding hydrogens is 452 g/mol. The van der Waals surface area contributed by atoms with Gasteiger partial charge in [0.15, 0.2) is 0 Å². The van der Waals surface area contributed by atoms with E-state index in [1.165, 1.54) is 12.7 Å². The largest absolute Gasteiger partial charge is 0.467 e. The number of carbonyl (C=O) groups is 1. The summed E-state index contributed by atoms with van der Waals surface area (Å²) in [5, 5.41) is 15.6. The van der Waals surface area contributed by atoms with Crippen molar-refractivity contribution < 1.29 is 9.53 Å². The molecule has 1 amide bonds. The minimum Gasteiger partial charge on any atom is -0.467 e. The summed E-state index contributed by atoms with van der Waals surface area (Å²) in [5.74, 6) is 0.743. The van der Waals surface area contributed by atoms with Crippen LogP contribution in [0.2, 0.25) is 0 Å². The second-order valence-corrected chi connectivity index (χ2v) is 9.07. The van der Waals surface area contributed by atoms with Crippen LogP contribution in [0.4, 0.5) is 5.82 Å². The number of hydrogen-bond donors (Lipinski definition) is 1. The van der Waals surface area contributed by atoms with Crippen molar-refractivity contribution in [2.45, 2.75) is 6.42 Å². The van der Waals surface area contributed by atoms with Crippen LogP contribution in [0.1, 0.15) is 21.5 Å². The van der Waals surface area contributed by atoms with Crippen molar-refractivity contribution in [3.8, 4) is 12.1 Å². The van der Waals surface area contributed by atoms with Crippen molar-refractivity contribution in [3.63, 3.8) is 0 Å². The molecule has 0 atom stereocenters. The molecule has 0 bridgehead atoms. The number of fused-ring (bicyclic) bond motifs is 2. The maximum Gasteiger partial charge on any atom is 0.318 e. The SMILES string of the molecule is COc1nc(NCCc2ccc3cc(C(=O)N4CCN(C)CC4)ccc3c2)c2cc(C#N)ccc2n1. The molecule has 1 N–H and O–H groups in total. The minimum atomic E-state index is 0.102. The number of rotatable bonds is 6. The summed E-state index contributed by atoms with van der Waals surface area (Å²) in [6.07, 6.45) is 0.781. The fraction of sp³-hybridized carbons (Fsp3) is 0.286. The van der Waals surface area contributed by atoms with Gasteiger partial charge < -0.3 is 19.9 Å². The zero-order chi connectivity index (χ0) is 25.1. The van der Waals surface area contributed by atoms with E-state index in [-0.39, 0.29) is 11.9 Å².